The van der Waals surface area contributed by atoms with Gasteiger partial charge >= 0.3 is 0 Å². The highest BCUT2D eigenvalue weighted by atomic mass is 16.1. The summed E-state index contributed by atoms with van der Waals surface area (Å²) in [6.45, 7) is 6.63. The Kier molecular flexibility index (Phi) is 12.2. The van der Waals surface area contributed by atoms with Crippen molar-refractivity contribution < 1.29 is 4.79 Å². The molecule has 0 aliphatic heterocycles. The summed E-state index contributed by atoms with van der Waals surface area (Å²) in [6, 6.07) is 7.96. The summed E-state index contributed by atoms with van der Waals surface area (Å²) < 4.78 is 3.46. The Balaban J connectivity index is 1.94. The lowest BCUT2D eigenvalue weighted by atomic mass is 9.94. The van der Waals surface area contributed by atoms with Crippen molar-refractivity contribution in [1.82, 2.24) is 8.97 Å². The molecule has 0 saturated carbocycles. The van der Waals surface area contributed by atoms with E-state index in [4.69, 9.17) is 0 Å². The van der Waals surface area contributed by atoms with Crippen LogP contribution in [0.5, 0.6) is 0 Å². The van der Waals surface area contributed by atoms with Crippen LogP contribution in [0.3, 0.4) is 0 Å². The molecule has 0 bridgehead atoms. The molecule has 4 nitrogen and oxygen atoms in total. The van der Waals surface area contributed by atoms with Crippen molar-refractivity contribution in [3.63, 3.8) is 0 Å². The van der Waals surface area contributed by atoms with E-state index >= 15 is 0 Å². The van der Waals surface area contributed by atoms with Gasteiger partial charge in [0.05, 0.1) is 11.2 Å². The summed E-state index contributed by atoms with van der Waals surface area (Å²) in [5.41, 5.74) is 5.34. The number of carbonyl (C=O) groups is 1. The molecule has 0 spiro atoms. The lowest BCUT2D eigenvalue weighted by Crippen LogP contribution is -2.36. The van der Waals surface area contributed by atoms with Crippen LogP contribution in [-0.4, -0.2) is 15.4 Å². The Bertz CT molecular complexity index is 1220. The first-order valence-electron chi connectivity index (χ1n) is 14.9. The second-order valence-corrected chi connectivity index (χ2v) is 10.7. The minimum absolute atomic E-state index is 0.0393. The van der Waals surface area contributed by atoms with E-state index in [0.29, 0.717) is 0 Å². The molecule has 37 heavy (non-hydrogen) atoms. The number of carbonyl (C=O) groups excluding carboxylic acids is 1. The Hall–Kier alpha value is -2.62. The maximum atomic E-state index is 13.8. The molecule has 3 rings (SSSR count). The fraction of sp³-hybridized carbons (Fsp3) is 0.576. The van der Waals surface area contributed by atoms with E-state index < -0.39 is 0 Å². The summed E-state index contributed by atoms with van der Waals surface area (Å²) in [5.74, 6) is 0. The predicted octanol–water partition coefficient (Wildman–Crippen LogP) is 7.80. The minimum atomic E-state index is 0.0393. The van der Waals surface area contributed by atoms with Gasteiger partial charge in [-0.2, -0.15) is 0 Å². The molecular formula is C33H48N2O2. The van der Waals surface area contributed by atoms with Gasteiger partial charge in [-0.05, 0) is 73.6 Å². The monoisotopic (exact) mass is 504 g/mol. The molecule has 0 saturated heterocycles. The van der Waals surface area contributed by atoms with Crippen LogP contribution in [-0.2, 0) is 11.2 Å². The van der Waals surface area contributed by atoms with E-state index in [1.807, 2.05) is 28.8 Å². The summed E-state index contributed by atoms with van der Waals surface area (Å²) in [6.07, 6.45) is 23.8. The van der Waals surface area contributed by atoms with Gasteiger partial charge in [0.2, 0.25) is 6.41 Å². The third-order valence-electron chi connectivity index (χ3n) is 7.88. The van der Waals surface area contributed by atoms with Gasteiger partial charge in [-0.1, -0.05) is 90.9 Å². The Labute approximate surface area is 223 Å². The maximum Gasteiger partial charge on any atom is 0.262 e. The van der Waals surface area contributed by atoms with Gasteiger partial charge < -0.3 is 0 Å². The van der Waals surface area contributed by atoms with Crippen molar-refractivity contribution in [3.8, 4) is 0 Å². The zero-order chi connectivity index (χ0) is 26.5. The summed E-state index contributed by atoms with van der Waals surface area (Å²) in [5, 5.41) is 0.800. The van der Waals surface area contributed by atoms with Crippen molar-refractivity contribution in [2.45, 2.75) is 124 Å². The first-order chi connectivity index (χ1) is 18.1. The number of hydrogen-bond acceptors (Lipinski definition) is 2. The Morgan fingerprint density at radius 1 is 0.784 bits per heavy atom. The first kappa shape index (κ1) is 28.9. The molecule has 0 fully saturated rings. The molecule has 0 aliphatic rings. The van der Waals surface area contributed by atoms with E-state index in [0.717, 1.165) is 66.1 Å². The zero-order valence-electron chi connectivity index (χ0n) is 23.6. The van der Waals surface area contributed by atoms with E-state index in [-0.39, 0.29) is 5.56 Å². The predicted molar refractivity (Wildman–Crippen MR) is 157 cm³/mol. The van der Waals surface area contributed by atoms with Crippen LogP contribution in [0.4, 0.5) is 0 Å². The third kappa shape index (κ3) is 7.69. The van der Waals surface area contributed by atoms with Crippen LogP contribution >= 0.6 is 0 Å². The van der Waals surface area contributed by atoms with Crippen molar-refractivity contribution in [1.29, 1.82) is 0 Å². The van der Waals surface area contributed by atoms with Crippen molar-refractivity contribution in [2.24, 2.45) is 0 Å². The first-order valence-corrected chi connectivity index (χ1v) is 14.9. The SMILES string of the molecule is CCCCCCCCC/C(c1cccn1C=O)=c1/c(C)c(CCCCCCCCC)c2cccn2c1=O. The largest absolute Gasteiger partial charge is 0.290 e. The number of nitrogens with zero attached hydrogens (tertiary/aromatic N) is 2. The number of hydrogen-bond donors (Lipinski definition) is 0. The van der Waals surface area contributed by atoms with Gasteiger partial charge in [0.1, 0.15) is 0 Å². The summed E-state index contributed by atoms with van der Waals surface area (Å²) in [7, 11) is 0. The van der Waals surface area contributed by atoms with E-state index in [2.05, 4.69) is 26.8 Å². The van der Waals surface area contributed by atoms with Crippen LogP contribution in [0.2, 0.25) is 0 Å². The fourth-order valence-corrected chi connectivity index (χ4v) is 5.74. The van der Waals surface area contributed by atoms with Gasteiger partial charge in [-0.15, -0.1) is 0 Å². The van der Waals surface area contributed by atoms with Crippen LogP contribution in [0.1, 0.15) is 127 Å². The van der Waals surface area contributed by atoms with Crippen molar-refractivity contribution in [2.75, 3.05) is 0 Å². The standard InChI is InChI=1S/C33H48N2O2/c1-4-6-8-10-12-14-16-20-28-27(3)32(33(37)35-25-19-23-31(28)35)29(30-22-18-24-34(30)26-36)21-17-15-13-11-9-7-5-2/h18-19,22-26H,4-17,20-21H2,1-3H3/b32-29+. The molecule has 0 aromatic carbocycles. The molecule has 3 aromatic heterocycles. The molecule has 0 atom stereocenters. The topological polar surface area (TPSA) is 43.5 Å². The number of rotatable bonds is 18. The molecular weight excluding hydrogens is 456 g/mol. The highest BCUT2D eigenvalue weighted by Crippen LogP contribution is 2.22. The lowest BCUT2D eigenvalue weighted by Gasteiger charge is -2.14. The zero-order valence-corrected chi connectivity index (χ0v) is 23.6. The van der Waals surface area contributed by atoms with E-state index in [1.165, 1.54) is 76.2 Å². The van der Waals surface area contributed by atoms with E-state index in [1.54, 1.807) is 10.8 Å². The highest BCUT2D eigenvalue weighted by Gasteiger charge is 2.17. The fourth-order valence-electron chi connectivity index (χ4n) is 5.74. The molecule has 0 radical (unpaired) electrons. The third-order valence-corrected chi connectivity index (χ3v) is 7.88. The molecule has 4 heteroatoms. The summed E-state index contributed by atoms with van der Waals surface area (Å²) in [4.78, 5) is 25.7. The van der Waals surface area contributed by atoms with Crippen LogP contribution in [0, 0.1) is 6.92 Å². The molecule has 3 aromatic rings. The molecule has 0 unspecified atom stereocenters. The Morgan fingerprint density at radius 2 is 1.38 bits per heavy atom. The number of unbranched alkanes of at least 4 members (excludes halogenated alkanes) is 12. The van der Waals surface area contributed by atoms with Crippen molar-refractivity contribution >= 4 is 17.5 Å². The molecule has 3 heterocycles. The average Bonchev–Trinajstić information content (AvgIpc) is 3.58. The smallest absolute Gasteiger partial charge is 0.262 e. The molecule has 0 aliphatic carbocycles. The highest BCUT2D eigenvalue weighted by molar-refractivity contribution is 5.71. The summed E-state index contributed by atoms with van der Waals surface area (Å²) >= 11 is 0. The number of fused-ring (bicyclic) bond motifs is 1. The Morgan fingerprint density at radius 3 is 2.03 bits per heavy atom. The molecule has 202 valence electrons. The van der Waals surface area contributed by atoms with E-state index in [9.17, 15) is 9.59 Å². The van der Waals surface area contributed by atoms with Crippen molar-refractivity contribution in [3.05, 3.63) is 69.1 Å². The normalized spacial score (nSPS) is 12.4. The number of pyridine rings is 1. The van der Waals surface area contributed by atoms with Gasteiger partial charge in [0.15, 0.2) is 0 Å². The average molecular weight is 505 g/mol. The van der Waals surface area contributed by atoms with Gasteiger partial charge in [0.25, 0.3) is 5.56 Å². The molecule has 0 amide bonds. The quantitative estimate of drug-likeness (QED) is 0.131. The minimum Gasteiger partial charge on any atom is -0.290 e. The van der Waals surface area contributed by atoms with Gasteiger partial charge in [-0.3, -0.25) is 18.6 Å². The van der Waals surface area contributed by atoms with Crippen LogP contribution in [0.15, 0.2) is 41.5 Å². The van der Waals surface area contributed by atoms with Crippen LogP contribution in [0.25, 0.3) is 11.1 Å². The number of aryl methyl sites for hydroxylation is 1. The maximum absolute atomic E-state index is 13.8. The lowest BCUT2D eigenvalue weighted by molar-refractivity contribution is 0.547. The molecule has 0 N–H and O–H groups in total. The van der Waals surface area contributed by atoms with Gasteiger partial charge in [-0.25, -0.2) is 0 Å². The van der Waals surface area contributed by atoms with Gasteiger partial charge in [0, 0.05) is 17.6 Å². The second kappa shape index (κ2) is 15.6. The number of aromatic nitrogens is 2. The van der Waals surface area contributed by atoms with Crippen LogP contribution < -0.4 is 10.8 Å². The second-order valence-electron chi connectivity index (χ2n) is 10.7.